The molecule has 1 aliphatic heterocycles. The Labute approximate surface area is 162 Å². The number of piperidine rings is 1. The Kier molecular flexibility index (Phi) is 7.05. The minimum Gasteiger partial charge on any atom is -0.469 e. The summed E-state index contributed by atoms with van der Waals surface area (Å²) in [7, 11) is 1.40. The Morgan fingerprint density at radius 2 is 1.96 bits per heavy atom. The molecule has 2 unspecified atom stereocenters. The Morgan fingerprint density at radius 3 is 2.52 bits per heavy atom. The van der Waals surface area contributed by atoms with Crippen molar-refractivity contribution in [2.75, 3.05) is 20.2 Å². The Balaban J connectivity index is 2.19. The average Bonchev–Trinajstić information content (AvgIpc) is 2.65. The van der Waals surface area contributed by atoms with E-state index in [2.05, 4.69) is 20.4 Å². The number of hydrogen-bond donors (Lipinski definition) is 0. The number of methoxy groups -OCH3 is 1. The van der Waals surface area contributed by atoms with Gasteiger partial charge in [-0.25, -0.2) is 4.79 Å². The molecule has 1 aromatic rings. The van der Waals surface area contributed by atoms with Crippen molar-refractivity contribution in [3.05, 3.63) is 48.0 Å². The number of benzene rings is 1. The topological polar surface area (TPSA) is 55.8 Å². The number of amides is 1. The molecule has 1 aromatic carbocycles. The molecule has 0 N–H and O–H groups in total. The zero-order chi connectivity index (χ0) is 20.0. The summed E-state index contributed by atoms with van der Waals surface area (Å²) in [5.74, 6) is 0.252. The molecule has 1 aliphatic rings. The third-order valence-electron chi connectivity index (χ3n) is 5.27. The molecule has 1 heterocycles. The molecule has 0 aromatic heterocycles. The molecule has 5 nitrogen and oxygen atoms in total. The third-order valence-corrected chi connectivity index (χ3v) is 5.27. The van der Waals surface area contributed by atoms with Crippen LogP contribution in [0.4, 0.5) is 4.79 Å². The van der Waals surface area contributed by atoms with Crippen molar-refractivity contribution in [1.82, 2.24) is 4.90 Å². The maximum absolute atomic E-state index is 12.8. The molecule has 0 spiro atoms. The highest BCUT2D eigenvalue weighted by Gasteiger charge is 2.48. The van der Waals surface area contributed by atoms with Gasteiger partial charge in [0.1, 0.15) is 6.61 Å². The second-order valence-electron chi connectivity index (χ2n) is 8.03. The van der Waals surface area contributed by atoms with Crippen LogP contribution in [0.2, 0.25) is 0 Å². The van der Waals surface area contributed by atoms with Gasteiger partial charge in [0.25, 0.3) is 0 Å². The number of carbonyl (C=O) groups is 2. The van der Waals surface area contributed by atoms with Crippen LogP contribution in [0, 0.1) is 17.3 Å². The summed E-state index contributed by atoms with van der Waals surface area (Å²) in [4.78, 5) is 27.1. The van der Waals surface area contributed by atoms with E-state index in [4.69, 9.17) is 9.47 Å². The number of carbonyl (C=O) groups excluding carboxylic acids is 2. The summed E-state index contributed by atoms with van der Waals surface area (Å²) in [6.45, 7) is 11.2. The lowest BCUT2D eigenvalue weighted by atomic mass is 9.69. The van der Waals surface area contributed by atoms with Gasteiger partial charge in [0.15, 0.2) is 0 Å². The Hall–Kier alpha value is -2.30. The highest BCUT2D eigenvalue weighted by molar-refractivity contribution is 5.79. The number of esters is 1. The molecule has 148 valence electrons. The number of allylic oxidation sites excluding steroid dienone is 1. The van der Waals surface area contributed by atoms with E-state index in [9.17, 15) is 9.59 Å². The van der Waals surface area contributed by atoms with E-state index in [0.29, 0.717) is 31.8 Å². The lowest BCUT2D eigenvalue weighted by molar-refractivity contribution is -0.158. The molecular weight excluding hydrogens is 342 g/mol. The molecule has 1 amide bonds. The maximum atomic E-state index is 12.8. The van der Waals surface area contributed by atoms with E-state index >= 15 is 0 Å². The predicted octanol–water partition coefficient (Wildman–Crippen LogP) is 4.43. The molecule has 0 bridgehead atoms. The fourth-order valence-corrected chi connectivity index (χ4v) is 3.88. The van der Waals surface area contributed by atoms with Gasteiger partial charge in [-0.05, 0) is 37.2 Å². The quantitative estimate of drug-likeness (QED) is 0.547. The number of likely N-dealkylation sites (tertiary alicyclic amines) is 1. The van der Waals surface area contributed by atoms with E-state index in [1.165, 1.54) is 7.11 Å². The van der Waals surface area contributed by atoms with Crippen LogP contribution >= 0.6 is 0 Å². The molecule has 5 heteroatoms. The second kappa shape index (κ2) is 9.07. The average molecular weight is 373 g/mol. The molecule has 0 saturated carbocycles. The van der Waals surface area contributed by atoms with Crippen LogP contribution in [0.3, 0.4) is 0 Å². The summed E-state index contributed by atoms with van der Waals surface area (Å²) in [6.07, 6.45) is 0.803. The summed E-state index contributed by atoms with van der Waals surface area (Å²) < 4.78 is 10.6. The van der Waals surface area contributed by atoms with Gasteiger partial charge in [-0.15, -0.1) is 6.58 Å². The van der Waals surface area contributed by atoms with Crippen molar-refractivity contribution in [3.8, 4) is 0 Å². The fraction of sp³-hybridized carbons (Fsp3) is 0.545. The number of nitrogens with zero attached hydrogens (tertiary/aromatic N) is 1. The number of rotatable bonds is 6. The van der Waals surface area contributed by atoms with Crippen molar-refractivity contribution in [1.29, 1.82) is 0 Å². The van der Waals surface area contributed by atoms with Crippen LogP contribution in [0.5, 0.6) is 0 Å². The first-order chi connectivity index (χ1) is 12.8. The molecule has 1 fully saturated rings. The van der Waals surface area contributed by atoms with Gasteiger partial charge >= 0.3 is 12.1 Å². The summed E-state index contributed by atoms with van der Waals surface area (Å²) >= 11 is 0. The summed E-state index contributed by atoms with van der Waals surface area (Å²) in [5.41, 5.74) is 1.08. The van der Waals surface area contributed by atoms with Gasteiger partial charge < -0.3 is 14.4 Å². The third kappa shape index (κ3) is 5.34. The smallest absolute Gasteiger partial charge is 0.410 e. The first-order valence-corrected chi connectivity index (χ1v) is 9.46. The first kappa shape index (κ1) is 21.0. The normalized spacial score (nSPS) is 22.4. The number of ether oxygens (including phenoxy) is 2. The maximum Gasteiger partial charge on any atom is 0.410 e. The van der Waals surface area contributed by atoms with Crippen molar-refractivity contribution < 1.29 is 19.1 Å². The van der Waals surface area contributed by atoms with Crippen molar-refractivity contribution in [2.45, 2.75) is 40.2 Å². The van der Waals surface area contributed by atoms with Gasteiger partial charge in [-0.2, -0.15) is 0 Å². The van der Waals surface area contributed by atoms with E-state index < -0.39 is 5.41 Å². The van der Waals surface area contributed by atoms with Crippen LogP contribution in [-0.4, -0.2) is 37.2 Å². The minimum absolute atomic E-state index is 0.196. The van der Waals surface area contributed by atoms with Crippen LogP contribution in [0.15, 0.2) is 42.5 Å². The molecular formula is C22H31NO4. The number of hydrogen-bond acceptors (Lipinski definition) is 4. The monoisotopic (exact) mass is 373 g/mol. The molecule has 1 saturated heterocycles. The highest BCUT2D eigenvalue weighted by atomic mass is 16.6. The standard InChI is InChI=1S/C22H31NO4/c1-16(2)11-22(20(24)26-5)12-19(17(3)4)13-23(15-22)21(25)27-14-18-9-7-6-8-10-18/h6-10,17,19H,1,11-15H2,2-5H3. The van der Waals surface area contributed by atoms with Crippen molar-refractivity contribution in [3.63, 3.8) is 0 Å². The van der Waals surface area contributed by atoms with Crippen molar-refractivity contribution in [2.24, 2.45) is 17.3 Å². The van der Waals surface area contributed by atoms with Gasteiger partial charge in [0.2, 0.25) is 0 Å². The van der Waals surface area contributed by atoms with Gasteiger partial charge in [-0.3, -0.25) is 4.79 Å². The van der Waals surface area contributed by atoms with Crippen LogP contribution < -0.4 is 0 Å². The van der Waals surface area contributed by atoms with E-state index in [-0.39, 0.29) is 24.6 Å². The molecule has 27 heavy (non-hydrogen) atoms. The summed E-state index contributed by atoms with van der Waals surface area (Å²) in [5, 5.41) is 0. The van der Waals surface area contributed by atoms with Gasteiger partial charge in [0.05, 0.1) is 12.5 Å². The minimum atomic E-state index is -0.764. The SMILES string of the molecule is C=C(C)CC1(C(=O)OC)CC(C(C)C)CN(C(=O)OCc2ccccc2)C1. The largest absolute Gasteiger partial charge is 0.469 e. The Morgan fingerprint density at radius 1 is 1.30 bits per heavy atom. The van der Waals surface area contributed by atoms with E-state index in [1.54, 1.807) is 4.90 Å². The Bertz CT molecular complexity index is 670. The zero-order valence-corrected chi connectivity index (χ0v) is 16.9. The van der Waals surface area contributed by atoms with Crippen LogP contribution in [0.25, 0.3) is 0 Å². The zero-order valence-electron chi connectivity index (χ0n) is 16.9. The fourth-order valence-electron chi connectivity index (χ4n) is 3.88. The molecule has 2 rings (SSSR count). The van der Waals surface area contributed by atoms with Gasteiger partial charge in [0, 0.05) is 13.1 Å². The summed E-state index contributed by atoms with van der Waals surface area (Å²) in [6, 6.07) is 9.58. The van der Waals surface area contributed by atoms with Crippen LogP contribution in [-0.2, 0) is 20.9 Å². The predicted molar refractivity (Wildman–Crippen MR) is 105 cm³/mol. The van der Waals surface area contributed by atoms with Crippen LogP contribution in [0.1, 0.15) is 39.2 Å². The molecule has 0 radical (unpaired) electrons. The molecule has 0 aliphatic carbocycles. The van der Waals surface area contributed by atoms with Gasteiger partial charge in [-0.1, -0.05) is 49.8 Å². The lowest BCUT2D eigenvalue weighted by Crippen LogP contribution is -2.54. The van der Waals surface area contributed by atoms with Crippen molar-refractivity contribution >= 4 is 12.1 Å². The second-order valence-corrected chi connectivity index (χ2v) is 8.03. The van der Waals surface area contributed by atoms with E-state index in [1.807, 2.05) is 37.3 Å². The molecule has 2 atom stereocenters. The lowest BCUT2D eigenvalue weighted by Gasteiger charge is -2.45. The first-order valence-electron chi connectivity index (χ1n) is 9.46. The highest BCUT2D eigenvalue weighted by Crippen LogP contribution is 2.42. The van der Waals surface area contributed by atoms with E-state index in [0.717, 1.165) is 11.1 Å².